The number of carbonyl (C=O) groups is 1. The number of sulfonamides is 1. The first kappa shape index (κ1) is 25.7. The lowest BCUT2D eigenvalue weighted by Crippen LogP contribution is -2.52. The number of ether oxygens (including phenoxy) is 1. The standard InChI is InChI=1S/C31H34N4O4S/c1-39-25-6-2-23(3-7-25)24-4-8-26(9-5-24)40(37,38)35-11-10-27-28(18-35)32-19-33-29(27)34-30(36)31-15-20-12-21(16-31)14-22(13-20)17-31/h2-9,19-22H,10-18H2,1H3,(H,32,33,34,36). The molecule has 8 rings (SSSR count). The van der Waals surface area contributed by atoms with Gasteiger partial charge in [-0.1, -0.05) is 24.3 Å². The molecule has 40 heavy (non-hydrogen) atoms. The second-order valence-corrected chi connectivity index (χ2v) is 14.1. The van der Waals surface area contributed by atoms with Crippen molar-refractivity contribution in [3.05, 3.63) is 66.1 Å². The summed E-state index contributed by atoms with van der Waals surface area (Å²) in [6.07, 6.45) is 8.70. The van der Waals surface area contributed by atoms with Crippen LogP contribution in [0.2, 0.25) is 0 Å². The number of fused-ring (bicyclic) bond motifs is 1. The van der Waals surface area contributed by atoms with Crippen LogP contribution in [0.4, 0.5) is 5.82 Å². The molecule has 8 nitrogen and oxygen atoms in total. The second-order valence-electron chi connectivity index (χ2n) is 12.1. The highest BCUT2D eigenvalue weighted by Gasteiger charge is 2.54. The summed E-state index contributed by atoms with van der Waals surface area (Å²) in [4.78, 5) is 22.7. The van der Waals surface area contributed by atoms with Crippen molar-refractivity contribution in [3.63, 3.8) is 0 Å². The fraction of sp³-hybridized carbons (Fsp3) is 0.452. The Morgan fingerprint density at radius 1 is 0.925 bits per heavy atom. The van der Waals surface area contributed by atoms with Gasteiger partial charge in [0.15, 0.2) is 0 Å². The third-order valence-electron chi connectivity index (χ3n) is 9.64. The van der Waals surface area contributed by atoms with E-state index in [1.165, 1.54) is 29.9 Å². The van der Waals surface area contributed by atoms with Gasteiger partial charge in [0, 0.05) is 12.1 Å². The Bertz CT molecular complexity index is 1520. The quantitative estimate of drug-likeness (QED) is 0.454. The van der Waals surface area contributed by atoms with E-state index in [2.05, 4.69) is 15.3 Å². The van der Waals surface area contributed by atoms with Crippen LogP contribution in [0.3, 0.4) is 0 Å². The average molecular weight is 559 g/mol. The molecule has 4 saturated carbocycles. The molecule has 1 aromatic heterocycles. The topological polar surface area (TPSA) is 101 Å². The molecule has 4 aliphatic carbocycles. The van der Waals surface area contributed by atoms with Gasteiger partial charge in [0.25, 0.3) is 0 Å². The lowest BCUT2D eigenvalue weighted by Gasteiger charge is -2.55. The van der Waals surface area contributed by atoms with E-state index in [9.17, 15) is 13.2 Å². The fourth-order valence-corrected chi connectivity index (χ4v) is 9.43. The van der Waals surface area contributed by atoms with E-state index in [-0.39, 0.29) is 22.8 Å². The number of hydrogen-bond acceptors (Lipinski definition) is 6. The van der Waals surface area contributed by atoms with Gasteiger partial charge in [-0.3, -0.25) is 4.79 Å². The smallest absolute Gasteiger partial charge is 0.243 e. The number of carbonyl (C=O) groups excluding carboxylic acids is 1. The molecular formula is C31H34N4O4S. The first-order valence-corrected chi connectivity index (χ1v) is 15.7. The van der Waals surface area contributed by atoms with Gasteiger partial charge in [-0.05, 0) is 98.1 Å². The first-order valence-electron chi connectivity index (χ1n) is 14.2. The number of rotatable bonds is 6. The molecule has 9 heteroatoms. The van der Waals surface area contributed by atoms with Crippen molar-refractivity contribution in [3.8, 4) is 16.9 Å². The summed E-state index contributed by atoms with van der Waals surface area (Å²) in [6.45, 7) is 0.462. The molecule has 0 unspecified atom stereocenters. The van der Waals surface area contributed by atoms with Gasteiger partial charge in [0.1, 0.15) is 17.9 Å². The third kappa shape index (κ3) is 4.39. The Balaban J connectivity index is 1.07. The molecule has 5 aliphatic rings. The summed E-state index contributed by atoms with van der Waals surface area (Å²) < 4.78 is 33.8. The average Bonchev–Trinajstić information content (AvgIpc) is 2.96. The molecule has 0 spiro atoms. The lowest BCUT2D eigenvalue weighted by molar-refractivity contribution is -0.140. The van der Waals surface area contributed by atoms with Gasteiger partial charge in [-0.2, -0.15) is 4.31 Å². The van der Waals surface area contributed by atoms with E-state index in [4.69, 9.17) is 4.74 Å². The molecule has 1 N–H and O–H groups in total. The van der Waals surface area contributed by atoms with E-state index in [0.29, 0.717) is 42.2 Å². The van der Waals surface area contributed by atoms with Crippen LogP contribution in [0.5, 0.6) is 5.75 Å². The number of benzene rings is 2. The normalized spacial score (nSPS) is 27.3. The predicted octanol–water partition coefficient (Wildman–Crippen LogP) is 5.05. The van der Waals surface area contributed by atoms with Crippen LogP contribution in [-0.4, -0.2) is 42.3 Å². The van der Waals surface area contributed by atoms with E-state index in [1.807, 2.05) is 36.4 Å². The maximum atomic E-state index is 13.6. The number of anilines is 1. The summed E-state index contributed by atoms with van der Waals surface area (Å²) in [5.74, 6) is 3.46. The van der Waals surface area contributed by atoms with Crippen molar-refractivity contribution in [1.82, 2.24) is 14.3 Å². The van der Waals surface area contributed by atoms with Crippen molar-refractivity contribution in [1.29, 1.82) is 0 Å². The molecule has 2 aromatic carbocycles. The highest BCUT2D eigenvalue weighted by atomic mass is 32.2. The molecule has 4 bridgehead atoms. The van der Waals surface area contributed by atoms with Gasteiger partial charge in [0.2, 0.25) is 15.9 Å². The van der Waals surface area contributed by atoms with E-state index < -0.39 is 10.0 Å². The molecule has 1 aliphatic heterocycles. The van der Waals surface area contributed by atoms with Gasteiger partial charge in [0.05, 0.1) is 29.7 Å². The Morgan fingerprint density at radius 3 is 2.12 bits per heavy atom. The van der Waals surface area contributed by atoms with Crippen LogP contribution >= 0.6 is 0 Å². The molecule has 0 radical (unpaired) electrons. The van der Waals surface area contributed by atoms with Crippen molar-refractivity contribution in [2.45, 2.75) is 56.4 Å². The third-order valence-corrected chi connectivity index (χ3v) is 11.5. The van der Waals surface area contributed by atoms with Crippen molar-refractivity contribution in [2.24, 2.45) is 23.2 Å². The second kappa shape index (κ2) is 9.66. The molecule has 0 atom stereocenters. The predicted molar refractivity (Wildman–Crippen MR) is 151 cm³/mol. The summed E-state index contributed by atoms with van der Waals surface area (Å²) in [5.41, 5.74) is 3.14. The highest BCUT2D eigenvalue weighted by Crippen LogP contribution is 2.60. The maximum Gasteiger partial charge on any atom is 0.243 e. The van der Waals surface area contributed by atoms with Crippen LogP contribution in [0.25, 0.3) is 11.1 Å². The summed E-state index contributed by atoms with van der Waals surface area (Å²) in [6, 6.07) is 14.6. The molecule has 208 valence electrons. The Labute approximate surface area is 235 Å². The lowest BCUT2D eigenvalue weighted by atomic mass is 9.49. The van der Waals surface area contributed by atoms with Gasteiger partial charge < -0.3 is 10.1 Å². The Kier molecular flexibility index (Phi) is 6.20. The minimum absolute atomic E-state index is 0.0968. The largest absolute Gasteiger partial charge is 0.497 e. The number of amides is 1. The van der Waals surface area contributed by atoms with Crippen LogP contribution < -0.4 is 10.1 Å². The number of hydrogen-bond donors (Lipinski definition) is 1. The van der Waals surface area contributed by atoms with Crippen LogP contribution in [0, 0.1) is 23.2 Å². The summed E-state index contributed by atoms with van der Waals surface area (Å²) in [7, 11) is -2.09. The van der Waals surface area contributed by atoms with E-state index in [0.717, 1.165) is 41.7 Å². The van der Waals surface area contributed by atoms with Crippen molar-refractivity contribution < 1.29 is 17.9 Å². The van der Waals surface area contributed by atoms with Crippen molar-refractivity contribution in [2.75, 3.05) is 19.0 Å². The minimum Gasteiger partial charge on any atom is -0.497 e. The first-order chi connectivity index (χ1) is 19.3. The molecule has 2 heterocycles. The summed E-state index contributed by atoms with van der Waals surface area (Å²) in [5, 5.41) is 3.18. The highest BCUT2D eigenvalue weighted by molar-refractivity contribution is 7.89. The van der Waals surface area contributed by atoms with E-state index >= 15 is 0 Å². The molecule has 0 saturated heterocycles. The van der Waals surface area contributed by atoms with Crippen molar-refractivity contribution >= 4 is 21.7 Å². The molecular weight excluding hydrogens is 524 g/mol. The number of nitrogens with one attached hydrogen (secondary N) is 1. The van der Waals surface area contributed by atoms with Gasteiger partial charge in [-0.15, -0.1) is 0 Å². The van der Waals surface area contributed by atoms with Gasteiger partial charge in [-0.25, -0.2) is 18.4 Å². The Hall–Kier alpha value is -3.30. The zero-order valence-electron chi connectivity index (χ0n) is 22.7. The molecule has 4 fully saturated rings. The summed E-state index contributed by atoms with van der Waals surface area (Å²) >= 11 is 0. The SMILES string of the molecule is COc1ccc(-c2ccc(S(=O)(=O)N3CCc4c(ncnc4NC(=O)C45CC6CC(CC(C6)C4)C5)C3)cc2)cc1. The van der Waals surface area contributed by atoms with E-state index in [1.54, 1.807) is 19.2 Å². The van der Waals surface area contributed by atoms with Crippen LogP contribution in [0.1, 0.15) is 49.8 Å². The zero-order valence-corrected chi connectivity index (χ0v) is 23.5. The molecule has 1 amide bonds. The monoisotopic (exact) mass is 558 g/mol. The molecule has 3 aromatic rings. The zero-order chi connectivity index (χ0) is 27.5. The van der Waals surface area contributed by atoms with Crippen LogP contribution in [-0.2, 0) is 27.8 Å². The maximum absolute atomic E-state index is 13.6. The minimum atomic E-state index is -3.72. The fourth-order valence-electron chi connectivity index (χ4n) is 8.02. The van der Waals surface area contributed by atoms with Crippen LogP contribution in [0.15, 0.2) is 59.8 Å². The Morgan fingerprint density at radius 2 is 1.52 bits per heavy atom. The number of aromatic nitrogens is 2. The number of nitrogens with zero attached hydrogens (tertiary/aromatic N) is 3. The number of methoxy groups -OCH3 is 1. The van der Waals surface area contributed by atoms with Gasteiger partial charge >= 0.3 is 0 Å².